The highest BCUT2D eigenvalue weighted by molar-refractivity contribution is 6.32. The van der Waals surface area contributed by atoms with Crippen molar-refractivity contribution < 1.29 is 0 Å². The molecule has 1 aliphatic heterocycles. The van der Waals surface area contributed by atoms with Crippen LogP contribution in [0.5, 0.6) is 0 Å². The van der Waals surface area contributed by atoms with E-state index in [0.29, 0.717) is 5.02 Å². The minimum absolute atomic E-state index is 0.156. The first-order valence-corrected chi connectivity index (χ1v) is 9.48. The van der Waals surface area contributed by atoms with Crippen molar-refractivity contribution in [2.24, 2.45) is 0 Å². The lowest BCUT2D eigenvalue weighted by Gasteiger charge is -2.40. The van der Waals surface area contributed by atoms with Gasteiger partial charge in [0, 0.05) is 26.2 Å². The highest BCUT2D eigenvalue weighted by Gasteiger charge is 2.27. The largest absolute Gasteiger partial charge is 0.366 e. The van der Waals surface area contributed by atoms with Gasteiger partial charge < -0.3 is 4.90 Å². The minimum atomic E-state index is 0.156. The molecule has 2 aromatic carbocycles. The quantitative estimate of drug-likeness (QED) is 0.729. The molecule has 0 radical (unpaired) electrons. The standard InChI is InChI=1S/C21H22ClN5/c22-19-18(15-24-25-21(19)23)26-11-13-27(14-12-26)20(16-7-3-1-4-8-16)17-9-5-2-6-10-17/h1-10,15,20H,11-14H2,(H2,23,25). The fourth-order valence-corrected chi connectivity index (χ4v) is 3.93. The van der Waals surface area contributed by atoms with Gasteiger partial charge in [-0.15, -0.1) is 0 Å². The van der Waals surface area contributed by atoms with Crippen molar-refractivity contribution in [2.75, 3.05) is 31.1 Å². The van der Waals surface area contributed by atoms with Crippen LogP contribution in [0.3, 0.4) is 0 Å². The molecule has 0 bridgehead atoms. The van der Waals surface area contributed by atoms with Gasteiger partial charge in [0.2, 0.25) is 0 Å². The Labute approximate surface area is 163 Å². The van der Waals surface area contributed by atoms with Gasteiger partial charge in [0.1, 0.15) is 5.02 Å². The zero-order chi connectivity index (χ0) is 18.6. The van der Waals surface area contributed by atoms with E-state index in [4.69, 9.17) is 17.0 Å². The predicted octanol–water partition coefficient (Wildman–Crippen LogP) is 3.45. The molecule has 1 aliphatic rings. The number of nitrogens with zero attached hydrogens (tertiary/aromatic N) is 3. The lowest BCUT2D eigenvalue weighted by Crippen LogP contribution is -2.48. The summed E-state index contributed by atoms with van der Waals surface area (Å²) in [5, 5.41) is 14.9. The Kier molecular flexibility index (Phi) is 5.23. The van der Waals surface area contributed by atoms with E-state index in [9.17, 15) is 0 Å². The third kappa shape index (κ3) is 3.75. The predicted molar refractivity (Wildman–Crippen MR) is 108 cm³/mol. The highest BCUT2D eigenvalue weighted by Crippen LogP contribution is 2.30. The molecule has 1 saturated heterocycles. The van der Waals surface area contributed by atoms with Crippen LogP contribution in [0.2, 0.25) is 5.02 Å². The summed E-state index contributed by atoms with van der Waals surface area (Å²) in [4.78, 5) is 4.73. The number of anilines is 1. The molecule has 0 unspecified atom stereocenters. The van der Waals surface area contributed by atoms with E-state index >= 15 is 0 Å². The van der Waals surface area contributed by atoms with Crippen LogP contribution in [0.1, 0.15) is 17.2 Å². The molecule has 2 N–H and O–H groups in total. The van der Waals surface area contributed by atoms with Crippen LogP contribution in [0, 0.1) is 5.41 Å². The summed E-state index contributed by atoms with van der Waals surface area (Å²) in [7, 11) is 0. The van der Waals surface area contributed by atoms with E-state index in [1.807, 2.05) is 0 Å². The molecule has 138 valence electrons. The number of aromatic amines is 1. The molecule has 0 atom stereocenters. The second-order valence-electron chi connectivity index (χ2n) is 6.69. The number of piperazine rings is 1. The zero-order valence-electron chi connectivity index (χ0n) is 15.0. The number of hydrogen-bond acceptors (Lipinski definition) is 4. The summed E-state index contributed by atoms with van der Waals surface area (Å²) in [6.45, 7) is 3.52. The zero-order valence-corrected chi connectivity index (χ0v) is 15.7. The third-order valence-electron chi connectivity index (χ3n) is 5.06. The van der Waals surface area contributed by atoms with E-state index in [-0.39, 0.29) is 11.5 Å². The van der Waals surface area contributed by atoms with Gasteiger partial charge in [0.15, 0.2) is 5.49 Å². The molecule has 1 fully saturated rings. The monoisotopic (exact) mass is 379 g/mol. The Bertz CT molecular complexity index is 894. The third-order valence-corrected chi connectivity index (χ3v) is 5.44. The average molecular weight is 380 g/mol. The van der Waals surface area contributed by atoms with Crippen molar-refractivity contribution in [1.82, 2.24) is 15.1 Å². The number of hydrogen-bond donors (Lipinski definition) is 2. The van der Waals surface area contributed by atoms with Gasteiger partial charge in [-0.1, -0.05) is 72.3 Å². The lowest BCUT2D eigenvalue weighted by atomic mass is 9.96. The number of halogens is 1. The van der Waals surface area contributed by atoms with E-state index in [1.165, 1.54) is 11.1 Å². The van der Waals surface area contributed by atoms with Crippen LogP contribution >= 0.6 is 11.6 Å². The Hall–Kier alpha value is -2.63. The van der Waals surface area contributed by atoms with Crippen LogP contribution in [-0.4, -0.2) is 41.3 Å². The van der Waals surface area contributed by atoms with E-state index in [2.05, 4.69) is 80.7 Å². The van der Waals surface area contributed by atoms with Gasteiger partial charge in [-0.05, 0) is 11.1 Å². The number of benzene rings is 2. The molecular formula is C21H22ClN5. The highest BCUT2D eigenvalue weighted by atomic mass is 35.5. The maximum absolute atomic E-state index is 7.82. The normalized spacial score (nSPS) is 15.3. The Morgan fingerprint density at radius 2 is 1.44 bits per heavy atom. The minimum Gasteiger partial charge on any atom is -0.366 e. The second-order valence-corrected chi connectivity index (χ2v) is 7.07. The van der Waals surface area contributed by atoms with Gasteiger partial charge in [0.05, 0.1) is 17.9 Å². The van der Waals surface area contributed by atoms with Crippen molar-refractivity contribution in [3.05, 3.63) is 88.5 Å². The first-order valence-electron chi connectivity index (χ1n) is 9.10. The molecule has 0 aliphatic carbocycles. The fraction of sp³-hybridized carbons (Fsp3) is 0.238. The molecule has 0 amide bonds. The Balaban J connectivity index is 1.57. The molecule has 1 aromatic heterocycles. The molecule has 4 rings (SSSR count). The van der Waals surface area contributed by atoms with Crippen molar-refractivity contribution >= 4 is 17.3 Å². The summed E-state index contributed by atoms with van der Waals surface area (Å²) in [6.07, 6.45) is 1.71. The fourth-order valence-electron chi connectivity index (χ4n) is 3.72. The summed E-state index contributed by atoms with van der Waals surface area (Å²) < 4.78 is 0. The number of rotatable bonds is 4. The SMILES string of the molecule is N=c1[nH]ncc(N2CCN(C(c3ccccc3)c3ccccc3)CC2)c1Cl. The lowest BCUT2D eigenvalue weighted by molar-refractivity contribution is 0.212. The van der Waals surface area contributed by atoms with Gasteiger partial charge in [0.25, 0.3) is 0 Å². The summed E-state index contributed by atoms with van der Waals surface area (Å²) >= 11 is 6.30. The smallest absolute Gasteiger partial charge is 0.159 e. The Morgan fingerprint density at radius 3 is 2.00 bits per heavy atom. The van der Waals surface area contributed by atoms with E-state index in [0.717, 1.165) is 31.9 Å². The van der Waals surface area contributed by atoms with Crippen LogP contribution < -0.4 is 10.4 Å². The van der Waals surface area contributed by atoms with Gasteiger partial charge in [-0.25, -0.2) is 0 Å². The number of aromatic nitrogens is 2. The van der Waals surface area contributed by atoms with Crippen LogP contribution in [0.4, 0.5) is 5.69 Å². The Morgan fingerprint density at radius 1 is 0.889 bits per heavy atom. The summed E-state index contributed by atoms with van der Waals surface area (Å²) in [5.41, 5.74) is 3.60. The molecule has 27 heavy (non-hydrogen) atoms. The van der Waals surface area contributed by atoms with Gasteiger partial charge in [-0.3, -0.25) is 15.4 Å². The first kappa shape index (κ1) is 17.8. The topological polar surface area (TPSA) is 59.0 Å². The molecule has 2 heterocycles. The number of H-pyrrole nitrogens is 1. The van der Waals surface area contributed by atoms with Crippen LogP contribution in [-0.2, 0) is 0 Å². The molecule has 6 heteroatoms. The molecule has 0 saturated carbocycles. The van der Waals surface area contributed by atoms with Crippen LogP contribution in [0.15, 0.2) is 66.9 Å². The maximum atomic E-state index is 7.82. The van der Waals surface area contributed by atoms with E-state index < -0.39 is 0 Å². The van der Waals surface area contributed by atoms with E-state index in [1.54, 1.807) is 6.20 Å². The second kappa shape index (κ2) is 7.94. The number of nitrogens with one attached hydrogen (secondary N) is 2. The van der Waals surface area contributed by atoms with Gasteiger partial charge >= 0.3 is 0 Å². The average Bonchev–Trinajstić information content (AvgIpc) is 2.73. The summed E-state index contributed by atoms with van der Waals surface area (Å²) in [6, 6.07) is 21.5. The van der Waals surface area contributed by atoms with Crippen molar-refractivity contribution in [3.8, 4) is 0 Å². The van der Waals surface area contributed by atoms with Gasteiger partial charge in [-0.2, -0.15) is 5.10 Å². The maximum Gasteiger partial charge on any atom is 0.159 e. The summed E-state index contributed by atoms with van der Waals surface area (Å²) in [5.74, 6) is 0. The van der Waals surface area contributed by atoms with Crippen LogP contribution in [0.25, 0.3) is 0 Å². The molecular weight excluding hydrogens is 358 g/mol. The van der Waals surface area contributed by atoms with Crippen molar-refractivity contribution in [3.63, 3.8) is 0 Å². The first-order chi connectivity index (χ1) is 13.2. The van der Waals surface area contributed by atoms with Crippen molar-refractivity contribution in [1.29, 1.82) is 5.41 Å². The molecule has 3 aromatic rings. The molecule has 0 spiro atoms. The van der Waals surface area contributed by atoms with Crippen molar-refractivity contribution in [2.45, 2.75) is 6.04 Å². The molecule has 5 nitrogen and oxygen atoms in total.